The van der Waals surface area contributed by atoms with Gasteiger partial charge in [-0.2, -0.15) is 0 Å². The lowest BCUT2D eigenvalue weighted by Gasteiger charge is -2.45. The van der Waals surface area contributed by atoms with E-state index in [1.165, 1.54) is 81.8 Å². The predicted molar refractivity (Wildman–Crippen MR) is 267 cm³/mol. The second-order valence-electron chi connectivity index (χ2n) is 16.4. The van der Waals surface area contributed by atoms with Crippen molar-refractivity contribution in [2.45, 2.75) is 0 Å². The summed E-state index contributed by atoms with van der Waals surface area (Å²) in [6.07, 6.45) is 0. The maximum atomic E-state index is 2.61. The van der Waals surface area contributed by atoms with E-state index < -0.39 is 8.07 Å². The van der Waals surface area contributed by atoms with E-state index in [0.29, 0.717) is 0 Å². The first-order chi connectivity index (χ1) is 30.8. The van der Waals surface area contributed by atoms with E-state index in [1.54, 1.807) is 0 Å². The number of anilines is 6. The second-order valence-corrected chi connectivity index (χ2v) is 20.3. The summed E-state index contributed by atoms with van der Waals surface area (Å²) in [6, 6.07) is 92.8. The van der Waals surface area contributed by atoms with Crippen LogP contribution in [0, 0.1) is 0 Å². The summed E-state index contributed by atoms with van der Waals surface area (Å²) in [5.41, 5.74) is 13.4. The van der Waals surface area contributed by atoms with Gasteiger partial charge in [0.15, 0.2) is 8.07 Å². The Balaban J connectivity index is 1.19. The molecular weight excluding hydrogens is 764 g/mol. The number of rotatable bonds is 7. The molecule has 2 aliphatic rings. The molecule has 0 N–H and O–H groups in total. The molecule has 0 amide bonds. The van der Waals surface area contributed by atoms with E-state index in [0.717, 1.165) is 11.4 Å². The van der Waals surface area contributed by atoms with Crippen LogP contribution in [0.2, 0.25) is 0 Å². The van der Waals surface area contributed by atoms with Gasteiger partial charge in [-0.05, 0) is 114 Å². The maximum Gasteiger partial charge on any atom is 0.252 e. The Kier molecular flexibility index (Phi) is 8.65. The molecule has 62 heavy (non-hydrogen) atoms. The smallest absolute Gasteiger partial charge is 0.252 e. The van der Waals surface area contributed by atoms with Gasteiger partial charge in [-0.15, -0.1) is 0 Å². The van der Waals surface area contributed by atoms with Crippen molar-refractivity contribution in [1.82, 2.24) is 0 Å². The topological polar surface area (TPSA) is 6.48 Å². The Morgan fingerprint density at radius 3 is 1.32 bits per heavy atom. The fourth-order valence-corrected chi connectivity index (χ4v) is 15.3. The quantitative estimate of drug-likeness (QED) is 0.117. The summed E-state index contributed by atoms with van der Waals surface area (Å²) in [6.45, 7) is -0.0225. The fourth-order valence-electron chi connectivity index (χ4n) is 10.5. The number of fused-ring (bicyclic) bond motifs is 5. The molecule has 0 atom stereocenters. The van der Waals surface area contributed by atoms with Crippen LogP contribution in [0.15, 0.2) is 249 Å². The van der Waals surface area contributed by atoms with Gasteiger partial charge in [0.2, 0.25) is 0 Å². The molecule has 0 aliphatic carbocycles. The number of nitrogens with zero attached hydrogens (tertiary/aromatic N) is 2. The average Bonchev–Trinajstić information content (AvgIpc) is 3.35. The predicted octanol–water partition coefficient (Wildman–Crippen LogP) is 9.97. The van der Waals surface area contributed by atoms with Gasteiger partial charge in [0, 0.05) is 34.1 Å². The van der Waals surface area contributed by atoms with Gasteiger partial charge in [0.25, 0.3) is 6.71 Å². The summed E-state index contributed by atoms with van der Waals surface area (Å²) in [5.74, 6) is 0. The third kappa shape index (κ3) is 5.64. The van der Waals surface area contributed by atoms with Gasteiger partial charge >= 0.3 is 0 Å². The molecule has 0 spiro atoms. The van der Waals surface area contributed by atoms with E-state index in [2.05, 4.69) is 259 Å². The van der Waals surface area contributed by atoms with Gasteiger partial charge in [-0.1, -0.05) is 194 Å². The van der Waals surface area contributed by atoms with Crippen LogP contribution < -0.4 is 46.9 Å². The van der Waals surface area contributed by atoms with E-state index >= 15 is 0 Å². The molecule has 12 rings (SSSR count). The molecule has 290 valence electrons. The highest BCUT2D eigenvalue weighted by molar-refractivity contribution is 7.20. The van der Waals surface area contributed by atoms with Crippen LogP contribution in [-0.4, -0.2) is 14.8 Å². The SMILES string of the molecule is c1ccc(N2c3ccccc3B3c4cc([Si](c5ccccc5)(c5ccccc5)c5ccccc5)ccc4N(c4ccccc4)c4cc(-c5ccc6ccccc6c5)cc2c43)cc1. The standard InChI is InChI=1S/C58H41BN2Si/c1-6-22-46(23-7-1)60-54-33-19-18-32-52(54)59-53-41-51(62(48-26-10-3-11-27-48,49-28-12-4-13-29-49)50-30-14-5-15-31-50)36-37-55(53)61(47-24-8-2-9-25-47)57-40-45(39-56(60)58(57)59)44-35-34-42-20-16-17-21-43(42)38-44/h1-41H. The molecule has 2 aliphatic heterocycles. The maximum absolute atomic E-state index is 2.85. The minimum Gasteiger partial charge on any atom is -0.311 e. The largest absolute Gasteiger partial charge is 0.311 e. The molecule has 0 saturated heterocycles. The number of hydrogen-bond donors (Lipinski definition) is 0. The summed E-state index contributed by atoms with van der Waals surface area (Å²) < 4.78 is 0. The third-order valence-electron chi connectivity index (χ3n) is 13.1. The first-order valence-electron chi connectivity index (χ1n) is 21.5. The number of hydrogen-bond acceptors (Lipinski definition) is 2. The minimum atomic E-state index is -2.85. The molecule has 2 heterocycles. The first-order valence-corrected chi connectivity index (χ1v) is 23.5. The average molecular weight is 805 g/mol. The zero-order valence-corrected chi connectivity index (χ0v) is 35.1. The normalized spacial score (nSPS) is 12.7. The van der Waals surface area contributed by atoms with E-state index in [-0.39, 0.29) is 6.71 Å². The van der Waals surface area contributed by atoms with Gasteiger partial charge in [0.1, 0.15) is 0 Å². The van der Waals surface area contributed by atoms with Crippen LogP contribution in [-0.2, 0) is 0 Å². The lowest BCUT2D eigenvalue weighted by molar-refractivity contribution is 1.25. The van der Waals surface area contributed by atoms with Crippen LogP contribution in [0.25, 0.3) is 21.9 Å². The summed E-state index contributed by atoms with van der Waals surface area (Å²) in [4.78, 5) is 5.04. The van der Waals surface area contributed by atoms with Crippen molar-refractivity contribution in [3.63, 3.8) is 0 Å². The number of para-hydroxylation sites is 3. The van der Waals surface area contributed by atoms with Crippen molar-refractivity contribution < 1.29 is 0 Å². The van der Waals surface area contributed by atoms with Crippen molar-refractivity contribution in [3.8, 4) is 11.1 Å². The van der Waals surface area contributed by atoms with Crippen molar-refractivity contribution in [1.29, 1.82) is 0 Å². The lowest BCUT2D eigenvalue weighted by atomic mass is 9.33. The Morgan fingerprint density at radius 1 is 0.290 bits per heavy atom. The molecule has 4 heteroatoms. The summed E-state index contributed by atoms with van der Waals surface area (Å²) in [5, 5.41) is 7.96. The molecule has 2 nitrogen and oxygen atoms in total. The molecule has 0 fully saturated rings. The van der Waals surface area contributed by atoms with Gasteiger partial charge in [-0.25, -0.2) is 0 Å². The lowest BCUT2D eigenvalue weighted by Crippen LogP contribution is -2.75. The zero-order chi connectivity index (χ0) is 41.0. The Morgan fingerprint density at radius 2 is 0.758 bits per heavy atom. The highest BCUT2D eigenvalue weighted by Crippen LogP contribution is 2.46. The van der Waals surface area contributed by atoms with Gasteiger partial charge in [0.05, 0.1) is 0 Å². The summed E-state index contributed by atoms with van der Waals surface area (Å²) in [7, 11) is -2.85. The molecule has 0 unspecified atom stereocenters. The highest BCUT2D eigenvalue weighted by Gasteiger charge is 2.46. The molecule has 10 aromatic rings. The molecular formula is C58H41BN2Si. The van der Waals surface area contributed by atoms with Crippen molar-refractivity contribution in [2.24, 2.45) is 0 Å². The van der Waals surface area contributed by atoms with E-state index in [9.17, 15) is 0 Å². The second kappa shape index (κ2) is 14.8. The monoisotopic (exact) mass is 804 g/mol. The fraction of sp³-hybridized carbons (Fsp3) is 0. The third-order valence-corrected chi connectivity index (χ3v) is 17.9. The molecule has 0 saturated carbocycles. The van der Waals surface area contributed by atoms with E-state index in [4.69, 9.17) is 0 Å². The van der Waals surface area contributed by atoms with Crippen LogP contribution in [0.1, 0.15) is 0 Å². The Hall–Kier alpha value is -7.66. The highest BCUT2D eigenvalue weighted by atomic mass is 28.3. The molecule has 0 bridgehead atoms. The molecule has 0 aromatic heterocycles. The number of benzene rings is 10. The van der Waals surface area contributed by atoms with Crippen LogP contribution >= 0.6 is 0 Å². The van der Waals surface area contributed by atoms with Crippen molar-refractivity contribution in [2.75, 3.05) is 9.80 Å². The molecule has 0 radical (unpaired) electrons. The Bertz CT molecular complexity index is 3140. The van der Waals surface area contributed by atoms with Crippen molar-refractivity contribution in [3.05, 3.63) is 249 Å². The minimum absolute atomic E-state index is 0.0225. The zero-order valence-electron chi connectivity index (χ0n) is 34.1. The molecule has 10 aromatic carbocycles. The van der Waals surface area contributed by atoms with Crippen LogP contribution in [0.3, 0.4) is 0 Å². The summed E-state index contributed by atoms with van der Waals surface area (Å²) >= 11 is 0. The van der Waals surface area contributed by atoms with E-state index in [1.807, 2.05) is 0 Å². The van der Waals surface area contributed by atoms with Gasteiger partial charge < -0.3 is 9.80 Å². The van der Waals surface area contributed by atoms with Crippen LogP contribution in [0.4, 0.5) is 34.1 Å². The van der Waals surface area contributed by atoms with Gasteiger partial charge in [-0.3, -0.25) is 0 Å². The first kappa shape index (κ1) is 36.2. The van der Waals surface area contributed by atoms with Crippen LogP contribution in [0.5, 0.6) is 0 Å². The Labute approximate surface area is 364 Å². The van der Waals surface area contributed by atoms with Crippen molar-refractivity contribution >= 4 is 96.8 Å².